The molecule has 0 amide bonds. The van der Waals surface area contributed by atoms with Crippen molar-refractivity contribution in [3.8, 4) is 0 Å². The molecule has 0 saturated carbocycles. The van der Waals surface area contributed by atoms with Crippen LogP contribution < -0.4 is 0 Å². The second-order valence-corrected chi connectivity index (χ2v) is 5.61. The van der Waals surface area contributed by atoms with E-state index in [0.717, 1.165) is 16.7 Å². The number of imidazole rings is 1. The lowest BCUT2D eigenvalue weighted by atomic mass is 9.93. The third kappa shape index (κ3) is 1.50. The predicted molar refractivity (Wildman–Crippen MR) is 71.4 cm³/mol. The van der Waals surface area contributed by atoms with Gasteiger partial charge in [0.25, 0.3) is 0 Å². The van der Waals surface area contributed by atoms with Crippen LogP contribution >= 0.6 is 0 Å². The summed E-state index contributed by atoms with van der Waals surface area (Å²) < 4.78 is 16.0. The van der Waals surface area contributed by atoms with E-state index in [2.05, 4.69) is 25.8 Å². The van der Waals surface area contributed by atoms with Crippen LogP contribution in [0, 0.1) is 5.82 Å². The molecular weight excluding hydrogens is 227 g/mol. The van der Waals surface area contributed by atoms with E-state index < -0.39 is 0 Å². The lowest BCUT2D eigenvalue weighted by Gasteiger charge is -2.18. The molecule has 1 aromatic carbocycles. The third-order valence-corrected chi connectivity index (χ3v) is 3.23. The van der Waals surface area contributed by atoms with E-state index in [4.69, 9.17) is 0 Å². The molecule has 0 radical (unpaired) electrons. The van der Waals surface area contributed by atoms with Gasteiger partial charge >= 0.3 is 0 Å². The van der Waals surface area contributed by atoms with Crippen molar-refractivity contribution in [3.63, 3.8) is 0 Å². The minimum atomic E-state index is -0.207. The Bertz CT molecular complexity index is 735. The molecule has 0 bridgehead atoms. The van der Waals surface area contributed by atoms with E-state index in [0.29, 0.717) is 5.39 Å². The van der Waals surface area contributed by atoms with Gasteiger partial charge in [0.2, 0.25) is 0 Å². The van der Waals surface area contributed by atoms with Crippen molar-refractivity contribution in [2.24, 2.45) is 0 Å². The summed E-state index contributed by atoms with van der Waals surface area (Å²) in [5.41, 5.74) is 1.77. The van der Waals surface area contributed by atoms with Gasteiger partial charge in [-0.15, -0.1) is 0 Å². The number of aromatic nitrogens is 2. The Labute approximate surface area is 105 Å². The summed E-state index contributed by atoms with van der Waals surface area (Å²) in [6.07, 6.45) is 3.37. The molecule has 0 aliphatic rings. The second kappa shape index (κ2) is 3.55. The number of nitrogens with zero attached hydrogens (tertiary/aromatic N) is 2. The standard InChI is InChI=1S/C15H15FN2/c1-15(2,3)13-8-17-14-11-7-5-4-6-10(11)12(16)9-18(13)14/h4-9H,1-3H3. The van der Waals surface area contributed by atoms with Gasteiger partial charge in [0.1, 0.15) is 11.5 Å². The second-order valence-electron chi connectivity index (χ2n) is 5.61. The van der Waals surface area contributed by atoms with E-state index in [1.807, 2.05) is 28.8 Å². The molecule has 2 aromatic heterocycles. The van der Waals surface area contributed by atoms with E-state index in [9.17, 15) is 4.39 Å². The van der Waals surface area contributed by atoms with E-state index in [1.54, 1.807) is 6.07 Å². The maximum Gasteiger partial charge on any atom is 0.147 e. The third-order valence-electron chi connectivity index (χ3n) is 3.23. The van der Waals surface area contributed by atoms with E-state index >= 15 is 0 Å². The minimum Gasteiger partial charge on any atom is -0.300 e. The van der Waals surface area contributed by atoms with Crippen molar-refractivity contribution in [1.29, 1.82) is 0 Å². The van der Waals surface area contributed by atoms with Gasteiger partial charge in [-0.1, -0.05) is 45.0 Å². The van der Waals surface area contributed by atoms with Gasteiger partial charge in [-0.3, -0.25) is 0 Å². The highest BCUT2D eigenvalue weighted by atomic mass is 19.1. The van der Waals surface area contributed by atoms with Crippen molar-refractivity contribution in [2.75, 3.05) is 0 Å². The van der Waals surface area contributed by atoms with Crippen LogP contribution in [-0.2, 0) is 5.41 Å². The average Bonchev–Trinajstić information content (AvgIpc) is 2.73. The van der Waals surface area contributed by atoms with Crippen LogP contribution in [0.2, 0.25) is 0 Å². The molecule has 0 aliphatic heterocycles. The Morgan fingerprint density at radius 2 is 1.78 bits per heavy atom. The largest absolute Gasteiger partial charge is 0.300 e. The minimum absolute atomic E-state index is 0.0612. The highest BCUT2D eigenvalue weighted by Gasteiger charge is 2.20. The number of fused-ring (bicyclic) bond motifs is 3. The zero-order valence-electron chi connectivity index (χ0n) is 10.7. The average molecular weight is 242 g/mol. The lowest BCUT2D eigenvalue weighted by Crippen LogP contribution is -2.14. The molecule has 0 atom stereocenters. The van der Waals surface area contributed by atoms with Gasteiger partial charge in [0.15, 0.2) is 0 Å². The molecule has 0 saturated heterocycles. The van der Waals surface area contributed by atoms with Crippen molar-refractivity contribution in [3.05, 3.63) is 48.2 Å². The first-order chi connectivity index (χ1) is 8.48. The van der Waals surface area contributed by atoms with Crippen molar-refractivity contribution in [1.82, 2.24) is 9.38 Å². The molecule has 3 rings (SSSR count). The van der Waals surface area contributed by atoms with Gasteiger partial charge in [-0.2, -0.15) is 0 Å². The fraction of sp³-hybridized carbons (Fsp3) is 0.267. The highest BCUT2D eigenvalue weighted by molar-refractivity contribution is 5.94. The number of pyridine rings is 1. The van der Waals surface area contributed by atoms with Crippen LogP contribution in [0.4, 0.5) is 4.39 Å². The number of hydrogen-bond donors (Lipinski definition) is 0. The summed E-state index contributed by atoms with van der Waals surface area (Å²) >= 11 is 0. The SMILES string of the molecule is CC(C)(C)c1cnc2c3ccccc3c(F)cn12. The summed E-state index contributed by atoms with van der Waals surface area (Å²) in [4.78, 5) is 4.45. The smallest absolute Gasteiger partial charge is 0.147 e. The van der Waals surface area contributed by atoms with Crippen LogP contribution in [0.5, 0.6) is 0 Å². The van der Waals surface area contributed by atoms with Crippen LogP contribution in [0.3, 0.4) is 0 Å². The zero-order valence-corrected chi connectivity index (χ0v) is 10.7. The molecule has 2 nitrogen and oxygen atoms in total. The molecule has 0 spiro atoms. The normalized spacial score (nSPS) is 12.4. The predicted octanol–water partition coefficient (Wildman–Crippen LogP) is 3.92. The molecule has 3 aromatic rings. The van der Waals surface area contributed by atoms with Crippen LogP contribution in [0.25, 0.3) is 16.4 Å². The number of hydrogen-bond acceptors (Lipinski definition) is 1. The molecule has 0 aliphatic carbocycles. The van der Waals surface area contributed by atoms with Crippen molar-refractivity contribution >= 4 is 16.4 Å². The fourth-order valence-electron chi connectivity index (χ4n) is 2.32. The first kappa shape index (κ1) is 11.2. The quantitative estimate of drug-likeness (QED) is 0.584. The molecule has 2 heterocycles. The molecule has 0 N–H and O–H groups in total. The van der Waals surface area contributed by atoms with Crippen molar-refractivity contribution < 1.29 is 4.39 Å². The van der Waals surface area contributed by atoms with Crippen LogP contribution in [-0.4, -0.2) is 9.38 Å². The summed E-state index contributed by atoms with van der Waals surface area (Å²) in [6.45, 7) is 6.30. The Kier molecular flexibility index (Phi) is 2.21. The zero-order chi connectivity index (χ0) is 12.9. The molecule has 3 heteroatoms. The molecule has 0 unspecified atom stereocenters. The Morgan fingerprint density at radius 3 is 2.44 bits per heavy atom. The first-order valence-corrected chi connectivity index (χ1v) is 6.03. The van der Waals surface area contributed by atoms with Gasteiger partial charge in [0, 0.05) is 34.3 Å². The topological polar surface area (TPSA) is 17.3 Å². The maximum atomic E-state index is 14.1. The molecule has 0 fully saturated rings. The van der Waals surface area contributed by atoms with Crippen LogP contribution in [0.1, 0.15) is 26.5 Å². The van der Waals surface area contributed by atoms with Gasteiger partial charge in [-0.25, -0.2) is 9.37 Å². The number of halogens is 1. The molecule has 92 valence electrons. The fourth-order valence-corrected chi connectivity index (χ4v) is 2.32. The Balaban J connectivity index is 2.49. The van der Waals surface area contributed by atoms with Gasteiger partial charge in [0.05, 0.1) is 0 Å². The maximum absolute atomic E-state index is 14.1. The Morgan fingerprint density at radius 1 is 1.11 bits per heavy atom. The summed E-state index contributed by atoms with van der Waals surface area (Å²) in [6, 6.07) is 7.45. The lowest BCUT2D eigenvalue weighted by molar-refractivity contribution is 0.558. The number of benzene rings is 1. The van der Waals surface area contributed by atoms with Crippen LogP contribution in [0.15, 0.2) is 36.7 Å². The summed E-state index contributed by atoms with van der Waals surface area (Å²) in [5, 5.41) is 1.48. The summed E-state index contributed by atoms with van der Waals surface area (Å²) in [7, 11) is 0. The summed E-state index contributed by atoms with van der Waals surface area (Å²) in [5.74, 6) is -0.207. The first-order valence-electron chi connectivity index (χ1n) is 6.03. The van der Waals surface area contributed by atoms with E-state index in [1.165, 1.54) is 6.20 Å². The van der Waals surface area contributed by atoms with Gasteiger partial charge in [-0.05, 0) is 0 Å². The van der Waals surface area contributed by atoms with Gasteiger partial charge < -0.3 is 4.40 Å². The molecule has 18 heavy (non-hydrogen) atoms. The monoisotopic (exact) mass is 242 g/mol. The van der Waals surface area contributed by atoms with Crippen molar-refractivity contribution in [2.45, 2.75) is 26.2 Å². The number of rotatable bonds is 0. The van der Waals surface area contributed by atoms with E-state index in [-0.39, 0.29) is 11.2 Å². The Hall–Kier alpha value is -1.90. The molecular formula is C15H15FN2. The highest BCUT2D eigenvalue weighted by Crippen LogP contribution is 2.28.